The maximum absolute atomic E-state index is 11.0. The molecule has 0 radical (unpaired) electrons. The zero-order valence-corrected chi connectivity index (χ0v) is 13.1. The average molecular weight is 310 g/mol. The monoisotopic (exact) mass is 310 g/mol. The second-order valence-electron chi connectivity index (χ2n) is 5.39. The second-order valence-corrected chi connectivity index (χ2v) is 5.39. The molecule has 0 amide bonds. The van der Waals surface area contributed by atoms with Crippen molar-refractivity contribution in [1.82, 2.24) is 9.55 Å². The van der Waals surface area contributed by atoms with Crippen molar-refractivity contribution < 1.29 is 14.6 Å². The summed E-state index contributed by atoms with van der Waals surface area (Å²) in [6.45, 7) is 5.20. The first-order valence-electron chi connectivity index (χ1n) is 7.50. The van der Waals surface area contributed by atoms with Gasteiger partial charge in [-0.05, 0) is 49.7 Å². The molecule has 0 spiro atoms. The van der Waals surface area contributed by atoms with Gasteiger partial charge in [0, 0.05) is 6.54 Å². The first-order valence-corrected chi connectivity index (χ1v) is 7.50. The molecule has 1 N–H and O–H groups in total. The number of aromatic nitrogens is 2. The minimum absolute atomic E-state index is 0.210. The molecule has 2 aromatic carbocycles. The summed E-state index contributed by atoms with van der Waals surface area (Å²) in [6, 6.07) is 12.7. The van der Waals surface area contributed by atoms with E-state index >= 15 is 0 Å². The van der Waals surface area contributed by atoms with E-state index in [0.717, 1.165) is 23.4 Å². The highest BCUT2D eigenvalue weighted by atomic mass is 16.5. The molecule has 0 aliphatic heterocycles. The van der Waals surface area contributed by atoms with Crippen LogP contribution < -0.4 is 4.74 Å². The number of imidazole rings is 1. The van der Waals surface area contributed by atoms with Gasteiger partial charge in [-0.15, -0.1) is 0 Å². The molecule has 3 aromatic rings. The van der Waals surface area contributed by atoms with Crippen LogP contribution in [0.4, 0.5) is 0 Å². The van der Waals surface area contributed by atoms with Gasteiger partial charge in [0.1, 0.15) is 18.2 Å². The van der Waals surface area contributed by atoms with Gasteiger partial charge in [0.2, 0.25) is 0 Å². The van der Waals surface area contributed by atoms with Crippen LogP contribution in [0.5, 0.6) is 5.75 Å². The van der Waals surface area contributed by atoms with Crippen LogP contribution >= 0.6 is 0 Å². The fraction of sp³-hybridized carbons (Fsp3) is 0.222. The average Bonchev–Trinajstić information content (AvgIpc) is 2.89. The van der Waals surface area contributed by atoms with Crippen LogP contribution in [0.2, 0.25) is 0 Å². The standard InChI is InChI=1S/C18H18N2O3/c1-3-20-16-8-7-12(2)9-15(16)19-17(20)11-23-14-6-4-5-13(10-14)18(21)22/h4-10H,3,11H2,1-2H3,(H,21,22). The van der Waals surface area contributed by atoms with Gasteiger partial charge >= 0.3 is 5.97 Å². The summed E-state index contributed by atoms with van der Waals surface area (Å²) < 4.78 is 7.85. The number of benzene rings is 2. The summed E-state index contributed by atoms with van der Waals surface area (Å²) in [5.74, 6) is 0.385. The molecule has 0 aliphatic rings. The lowest BCUT2D eigenvalue weighted by atomic mass is 10.2. The van der Waals surface area contributed by atoms with E-state index in [1.165, 1.54) is 11.6 Å². The molecule has 5 heteroatoms. The van der Waals surface area contributed by atoms with E-state index in [4.69, 9.17) is 9.84 Å². The predicted molar refractivity (Wildman–Crippen MR) is 87.9 cm³/mol. The molecule has 5 nitrogen and oxygen atoms in total. The number of aryl methyl sites for hydroxylation is 2. The molecule has 0 atom stereocenters. The molecular weight excluding hydrogens is 292 g/mol. The lowest BCUT2D eigenvalue weighted by Gasteiger charge is -2.08. The number of nitrogens with zero attached hydrogens (tertiary/aromatic N) is 2. The molecule has 23 heavy (non-hydrogen) atoms. The van der Waals surface area contributed by atoms with E-state index in [-0.39, 0.29) is 5.56 Å². The quantitative estimate of drug-likeness (QED) is 0.781. The van der Waals surface area contributed by atoms with E-state index in [0.29, 0.717) is 12.4 Å². The van der Waals surface area contributed by atoms with Crippen molar-refractivity contribution in [3.8, 4) is 5.75 Å². The van der Waals surface area contributed by atoms with Crippen LogP contribution in [0.1, 0.15) is 28.7 Å². The van der Waals surface area contributed by atoms with Gasteiger partial charge in [-0.2, -0.15) is 0 Å². The largest absolute Gasteiger partial charge is 0.486 e. The smallest absolute Gasteiger partial charge is 0.335 e. The Labute approximate surface area is 134 Å². The number of aromatic carboxylic acids is 1. The number of fused-ring (bicyclic) bond motifs is 1. The summed E-state index contributed by atoms with van der Waals surface area (Å²) in [5.41, 5.74) is 3.41. The van der Waals surface area contributed by atoms with Gasteiger partial charge in [-0.3, -0.25) is 0 Å². The Morgan fingerprint density at radius 3 is 2.83 bits per heavy atom. The third-order valence-corrected chi connectivity index (χ3v) is 3.75. The Kier molecular flexibility index (Phi) is 4.02. The Balaban J connectivity index is 1.87. The summed E-state index contributed by atoms with van der Waals surface area (Å²) in [6.07, 6.45) is 0. The van der Waals surface area contributed by atoms with E-state index < -0.39 is 5.97 Å². The fourth-order valence-electron chi connectivity index (χ4n) is 2.62. The van der Waals surface area contributed by atoms with E-state index in [1.807, 2.05) is 6.92 Å². The lowest BCUT2D eigenvalue weighted by Crippen LogP contribution is -2.06. The van der Waals surface area contributed by atoms with Gasteiger partial charge in [-0.25, -0.2) is 9.78 Å². The van der Waals surface area contributed by atoms with Crippen molar-refractivity contribution in [2.75, 3.05) is 0 Å². The molecule has 0 bridgehead atoms. The van der Waals surface area contributed by atoms with Crippen molar-refractivity contribution >= 4 is 17.0 Å². The molecule has 0 aliphatic carbocycles. The number of carbonyl (C=O) groups is 1. The minimum atomic E-state index is -0.966. The first kappa shape index (κ1) is 15.1. The second kappa shape index (κ2) is 6.12. The molecule has 0 saturated heterocycles. The normalized spacial score (nSPS) is 10.9. The van der Waals surface area contributed by atoms with Crippen LogP contribution in [-0.2, 0) is 13.2 Å². The third-order valence-electron chi connectivity index (χ3n) is 3.75. The molecule has 0 saturated carbocycles. The third kappa shape index (κ3) is 3.04. The van der Waals surface area contributed by atoms with Crippen LogP contribution in [-0.4, -0.2) is 20.6 Å². The maximum atomic E-state index is 11.0. The van der Waals surface area contributed by atoms with Crippen molar-refractivity contribution in [1.29, 1.82) is 0 Å². The van der Waals surface area contributed by atoms with Crippen LogP contribution in [0.25, 0.3) is 11.0 Å². The Morgan fingerprint density at radius 2 is 2.09 bits per heavy atom. The molecule has 0 unspecified atom stereocenters. The Hall–Kier alpha value is -2.82. The minimum Gasteiger partial charge on any atom is -0.486 e. The first-order chi connectivity index (χ1) is 11.1. The highest BCUT2D eigenvalue weighted by Crippen LogP contribution is 2.20. The number of hydrogen-bond donors (Lipinski definition) is 1. The van der Waals surface area contributed by atoms with Gasteiger partial charge in [-0.1, -0.05) is 12.1 Å². The SMILES string of the molecule is CCn1c(COc2cccc(C(=O)O)c2)nc2cc(C)ccc21. The highest BCUT2D eigenvalue weighted by molar-refractivity contribution is 5.88. The van der Waals surface area contributed by atoms with Gasteiger partial charge in [0.25, 0.3) is 0 Å². The number of rotatable bonds is 5. The number of carboxylic acid groups (broad SMARTS) is 1. The molecule has 1 aromatic heterocycles. The van der Waals surface area contributed by atoms with Crippen LogP contribution in [0.15, 0.2) is 42.5 Å². The molecule has 1 heterocycles. The lowest BCUT2D eigenvalue weighted by molar-refractivity contribution is 0.0696. The van der Waals surface area contributed by atoms with Gasteiger partial charge < -0.3 is 14.4 Å². The summed E-state index contributed by atoms with van der Waals surface area (Å²) in [5, 5.41) is 9.03. The highest BCUT2D eigenvalue weighted by Gasteiger charge is 2.11. The van der Waals surface area contributed by atoms with Crippen LogP contribution in [0, 0.1) is 6.92 Å². The Bertz CT molecular complexity index is 868. The molecular formula is C18H18N2O3. The zero-order chi connectivity index (χ0) is 16.4. The van der Waals surface area contributed by atoms with Crippen molar-refractivity contribution in [2.24, 2.45) is 0 Å². The van der Waals surface area contributed by atoms with Crippen molar-refractivity contribution in [2.45, 2.75) is 27.0 Å². The molecule has 3 rings (SSSR count). The zero-order valence-electron chi connectivity index (χ0n) is 13.1. The van der Waals surface area contributed by atoms with E-state index in [2.05, 4.69) is 34.7 Å². The Morgan fingerprint density at radius 1 is 1.26 bits per heavy atom. The van der Waals surface area contributed by atoms with E-state index in [1.54, 1.807) is 18.2 Å². The molecule has 0 fully saturated rings. The maximum Gasteiger partial charge on any atom is 0.335 e. The van der Waals surface area contributed by atoms with Crippen molar-refractivity contribution in [3.63, 3.8) is 0 Å². The fourth-order valence-corrected chi connectivity index (χ4v) is 2.62. The number of carboxylic acids is 1. The molecule has 118 valence electrons. The summed E-state index contributed by atoms with van der Waals surface area (Å²) in [4.78, 5) is 15.6. The van der Waals surface area contributed by atoms with Crippen LogP contribution in [0.3, 0.4) is 0 Å². The summed E-state index contributed by atoms with van der Waals surface area (Å²) in [7, 11) is 0. The predicted octanol–water partition coefficient (Wildman–Crippen LogP) is 3.64. The van der Waals surface area contributed by atoms with Gasteiger partial charge in [0.05, 0.1) is 16.6 Å². The topological polar surface area (TPSA) is 64.3 Å². The number of hydrogen-bond acceptors (Lipinski definition) is 3. The number of ether oxygens (including phenoxy) is 1. The van der Waals surface area contributed by atoms with E-state index in [9.17, 15) is 4.79 Å². The van der Waals surface area contributed by atoms with Gasteiger partial charge in [0.15, 0.2) is 0 Å². The summed E-state index contributed by atoms with van der Waals surface area (Å²) >= 11 is 0. The van der Waals surface area contributed by atoms with Crippen molar-refractivity contribution in [3.05, 3.63) is 59.4 Å².